The fourth-order valence-corrected chi connectivity index (χ4v) is 2.81. The Morgan fingerprint density at radius 1 is 1.44 bits per heavy atom. The van der Waals surface area contributed by atoms with E-state index in [-0.39, 0.29) is 12.0 Å². The van der Waals surface area contributed by atoms with Crippen molar-refractivity contribution in [1.29, 1.82) is 0 Å². The Hall–Kier alpha value is -1.35. The van der Waals surface area contributed by atoms with Crippen LogP contribution in [0.5, 0.6) is 0 Å². The van der Waals surface area contributed by atoms with E-state index < -0.39 is 0 Å². The highest BCUT2D eigenvalue weighted by atomic mass is 16.5. The summed E-state index contributed by atoms with van der Waals surface area (Å²) in [6.45, 7) is 0.882. The van der Waals surface area contributed by atoms with E-state index in [4.69, 9.17) is 4.74 Å². The molecule has 0 spiro atoms. The lowest BCUT2D eigenvalue weighted by Crippen LogP contribution is -2.43. The van der Waals surface area contributed by atoms with Gasteiger partial charge in [0.2, 0.25) is 0 Å². The SMILES string of the molecule is COC(=O)C(NCC1Cc2ccccc21)C1CC1. The van der Waals surface area contributed by atoms with Crippen LogP contribution in [0.25, 0.3) is 0 Å². The number of hydrogen-bond acceptors (Lipinski definition) is 3. The van der Waals surface area contributed by atoms with E-state index in [2.05, 4.69) is 29.6 Å². The molecule has 1 N–H and O–H groups in total. The third-order valence-corrected chi connectivity index (χ3v) is 4.09. The van der Waals surface area contributed by atoms with E-state index in [1.807, 2.05) is 0 Å². The highest BCUT2D eigenvalue weighted by Gasteiger charge is 2.37. The van der Waals surface area contributed by atoms with Crippen LogP contribution < -0.4 is 5.32 Å². The first-order valence-electron chi connectivity index (χ1n) is 6.68. The Labute approximate surface area is 108 Å². The van der Waals surface area contributed by atoms with Crippen LogP contribution in [0.15, 0.2) is 24.3 Å². The Morgan fingerprint density at radius 3 is 2.89 bits per heavy atom. The molecule has 2 unspecified atom stereocenters. The molecule has 1 aromatic carbocycles. The molecule has 96 valence electrons. The second-order valence-electron chi connectivity index (χ2n) is 5.35. The Morgan fingerprint density at radius 2 is 2.22 bits per heavy atom. The number of carbonyl (C=O) groups is 1. The van der Waals surface area contributed by atoms with Gasteiger partial charge in [0, 0.05) is 12.5 Å². The number of esters is 1. The number of methoxy groups -OCH3 is 1. The lowest BCUT2D eigenvalue weighted by atomic mass is 9.77. The van der Waals surface area contributed by atoms with Gasteiger partial charge in [-0.15, -0.1) is 0 Å². The Bertz CT molecular complexity index is 454. The van der Waals surface area contributed by atoms with Crippen LogP contribution in [0.1, 0.15) is 29.9 Å². The maximum atomic E-state index is 11.7. The number of nitrogens with one attached hydrogen (secondary N) is 1. The molecule has 0 saturated heterocycles. The normalized spacial score (nSPS) is 22.8. The maximum Gasteiger partial charge on any atom is 0.323 e. The minimum atomic E-state index is -0.106. The van der Waals surface area contributed by atoms with Gasteiger partial charge in [-0.05, 0) is 36.3 Å². The first-order chi connectivity index (χ1) is 8.79. The fraction of sp³-hybridized carbons (Fsp3) is 0.533. The lowest BCUT2D eigenvalue weighted by molar-refractivity contribution is -0.143. The predicted molar refractivity (Wildman–Crippen MR) is 69.4 cm³/mol. The zero-order chi connectivity index (χ0) is 12.5. The molecule has 0 bridgehead atoms. The number of rotatable bonds is 5. The fourth-order valence-electron chi connectivity index (χ4n) is 2.81. The van der Waals surface area contributed by atoms with E-state index in [0.29, 0.717) is 11.8 Å². The van der Waals surface area contributed by atoms with Crippen molar-refractivity contribution < 1.29 is 9.53 Å². The van der Waals surface area contributed by atoms with Crippen LogP contribution in [-0.4, -0.2) is 25.7 Å². The number of carbonyl (C=O) groups excluding carboxylic acids is 1. The first kappa shape index (κ1) is 11.7. The van der Waals surface area contributed by atoms with Gasteiger partial charge in [-0.1, -0.05) is 24.3 Å². The molecule has 0 amide bonds. The minimum Gasteiger partial charge on any atom is -0.468 e. The Balaban J connectivity index is 1.57. The average molecular weight is 245 g/mol. The topological polar surface area (TPSA) is 38.3 Å². The van der Waals surface area contributed by atoms with E-state index in [1.165, 1.54) is 18.2 Å². The highest BCUT2D eigenvalue weighted by Crippen LogP contribution is 2.36. The van der Waals surface area contributed by atoms with Gasteiger partial charge >= 0.3 is 5.97 Å². The summed E-state index contributed by atoms with van der Waals surface area (Å²) in [4.78, 5) is 11.7. The summed E-state index contributed by atoms with van der Waals surface area (Å²) in [7, 11) is 1.47. The third kappa shape index (κ3) is 2.15. The second-order valence-corrected chi connectivity index (χ2v) is 5.35. The standard InChI is InChI=1S/C15H19NO2/c1-18-15(17)14(10-6-7-10)16-9-12-8-11-4-2-3-5-13(11)12/h2-5,10,12,14,16H,6-9H2,1H3. The van der Waals surface area contributed by atoms with Crippen molar-refractivity contribution >= 4 is 5.97 Å². The van der Waals surface area contributed by atoms with Gasteiger partial charge in [-0.3, -0.25) is 4.79 Å². The maximum absolute atomic E-state index is 11.7. The summed E-state index contributed by atoms with van der Waals surface area (Å²) in [6, 6.07) is 8.45. The molecule has 0 aliphatic heterocycles. The summed E-state index contributed by atoms with van der Waals surface area (Å²) in [5.74, 6) is 0.949. The zero-order valence-electron chi connectivity index (χ0n) is 10.7. The summed E-state index contributed by atoms with van der Waals surface area (Å²) >= 11 is 0. The van der Waals surface area contributed by atoms with E-state index in [1.54, 1.807) is 0 Å². The van der Waals surface area contributed by atoms with Crippen LogP contribution in [0.4, 0.5) is 0 Å². The zero-order valence-corrected chi connectivity index (χ0v) is 10.7. The van der Waals surface area contributed by atoms with Crippen LogP contribution in [-0.2, 0) is 16.0 Å². The van der Waals surface area contributed by atoms with Crippen molar-refractivity contribution in [3.63, 3.8) is 0 Å². The molecular formula is C15H19NO2. The molecule has 0 radical (unpaired) electrons. The smallest absolute Gasteiger partial charge is 0.323 e. The van der Waals surface area contributed by atoms with Crippen molar-refractivity contribution in [3.8, 4) is 0 Å². The van der Waals surface area contributed by atoms with Crippen LogP contribution in [0, 0.1) is 5.92 Å². The molecule has 3 rings (SSSR count). The lowest BCUT2D eigenvalue weighted by Gasteiger charge is -2.31. The number of hydrogen-bond donors (Lipinski definition) is 1. The highest BCUT2D eigenvalue weighted by molar-refractivity contribution is 5.76. The van der Waals surface area contributed by atoms with E-state index in [9.17, 15) is 4.79 Å². The molecule has 2 aliphatic rings. The molecule has 3 heteroatoms. The van der Waals surface area contributed by atoms with Crippen LogP contribution >= 0.6 is 0 Å². The van der Waals surface area contributed by atoms with Gasteiger partial charge in [0.25, 0.3) is 0 Å². The van der Waals surface area contributed by atoms with Crippen molar-refractivity contribution in [2.75, 3.05) is 13.7 Å². The quantitative estimate of drug-likeness (QED) is 0.805. The molecule has 18 heavy (non-hydrogen) atoms. The van der Waals surface area contributed by atoms with E-state index >= 15 is 0 Å². The summed E-state index contributed by atoms with van der Waals surface area (Å²) in [5, 5.41) is 3.40. The number of ether oxygens (including phenoxy) is 1. The van der Waals surface area contributed by atoms with Crippen molar-refractivity contribution in [2.24, 2.45) is 5.92 Å². The number of benzene rings is 1. The average Bonchev–Trinajstić information content (AvgIpc) is 3.18. The molecule has 1 saturated carbocycles. The largest absolute Gasteiger partial charge is 0.468 e. The van der Waals surface area contributed by atoms with Gasteiger partial charge in [0.1, 0.15) is 6.04 Å². The second kappa shape index (κ2) is 4.73. The van der Waals surface area contributed by atoms with Gasteiger partial charge in [-0.25, -0.2) is 0 Å². The molecule has 0 heterocycles. The molecule has 2 atom stereocenters. The summed E-state index contributed by atoms with van der Waals surface area (Å²) < 4.78 is 4.87. The van der Waals surface area contributed by atoms with Gasteiger partial charge in [0.05, 0.1) is 7.11 Å². The molecule has 3 nitrogen and oxygen atoms in total. The summed E-state index contributed by atoms with van der Waals surface area (Å²) in [5.41, 5.74) is 2.88. The van der Waals surface area contributed by atoms with Crippen molar-refractivity contribution in [3.05, 3.63) is 35.4 Å². The molecule has 1 fully saturated rings. The molecule has 2 aliphatic carbocycles. The van der Waals surface area contributed by atoms with Gasteiger partial charge in [-0.2, -0.15) is 0 Å². The van der Waals surface area contributed by atoms with Gasteiger partial charge < -0.3 is 10.1 Å². The molecular weight excluding hydrogens is 226 g/mol. The first-order valence-corrected chi connectivity index (χ1v) is 6.68. The molecule has 1 aromatic rings. The van der Waals surface area contributed by atoms with Crippen molar-refractivity contribution in [1.82, 2.24) is 5.32 Å². The molecule has 0 aromatic heterocycles. The summed E-state index contributed by atoms with van der Waals surface area (Å²) in [6.07, 6.45) is 3.42. The van der Waals surface area contributed by atoms with Gasteiger partial charge in [0.15, 0.2) is 0 Å². The monoisotopic (exact) mass is 245 g/mol. The predicted octanol–water partition coefficient (Wildman–Crippen LogP) is 1.87. The van der Waals surface area contributed by atoms with Crippen LogP contribution in [0.3, 0.4) is 0 Å². The number of fused-ring (bicyclic) bond motifs is 1. The van der Waals surface area contributed by atoms with E-state index in [0.717, 1.165) is 25.8 Å². The Kier molecular flexibility index (Phi) is 3.08. The van der Waals surface area contributed by atoms with Crippen LogP contribution in [0.2, 0.25) is 0 Å². The third-order valence-electron chi connectivity index (χ3n) is 4.09. The minimum absolute atomic E-state index is 0.0947. The van der Waals surface area contributed by atoms with Crippen molar-refractivity contribution in [2.45, 2.75) is 31.2 Å².